The first-order valence-electron chi connectivity index (χ1n) is 11.0. The van der Waals surface area contributed by atoms with E-state index in [-0.39, 0.29) is 5.91 Å². The molecule has 0 atom stereocenters. The van der Waals surface area contributed by atoms with Gasteiger partial charge in [-0.3, -0.25) is 4.79 Å². The first-order valence-corrected chi connectivity index (χ1v) is 11.0. The summed E-state index contributed by atoms with van der Waals surface area (Å²) < 4.78 is 11.6. The Bertz CT molecular complexity index is 1160. The van der Waals surface area contributed by atoms with Crippen molar-refractivity contribution in [1.82, 2.24) is 4.90 Å². The summed E-state index contributed by atoms with van der Waals surface area (Å²) in [4.78, 5) is 25.3. The zero-order chi connectivity index (χ0) is 23.8. The van der Waals surface area contributed by atoms with Crippen LogP contribution in [0.25, 0.3) is 16.3 Å². The van der Waals surface area contributed by atoms with Gasteiger partial charge in [0.05, 0.1) is 0 Å². The summed E-state index contributed by atoms with van der Waals surface area (Å²) in [6.07, 6.45) is 1.58. The quantitative estimate of drug-likeness (QED) is 0.435. The molecule has 0 heterocycles. The van der Waals surface area contributed by atoms with Crippen LogP contribution < -0.4 is 9.47 Å². The molecular weight excluding hydrogens is 418 g/mol. The van der Waals surface area contributed by atoms with E-state index in [1.807, 2.05) is 69.3 Å². The maximum absolute atomic E-state index is 12.4. The highest BCUT2D eigenvalue weighted by Gasteiger charge is 2.13. The van der Waals surface area contributed by atoms with E-state index in [0.717, 1.165) is 27.5 Å². The van der Waals surface area contributed by atoms with Crippen LogP contribution in [0.3, 0.4) is 0 Å². The predicted molar refractivity (Wildman–Crippen MR) is 129 cm³/mol. The molecule has 0 fully saturated rings. The predicted octanol–water partition coefficient (Wildman–Crippen LogP) is 5.15. The molecule has 0 aliphatic carbocycles. The van der Waals surface area contributed by atoms with Crippen LogP contribution in [0.15, 0.2) is 66.7 Å². The third-order valence-electron chi connectivity index (χ3n) is 5.43. The third kappa shape index (κ3) is 6.13. The summed E-state index contributed by atoms with van der Waals surface area (Å²) in [5.74, 6) is -0.389. The number of carbonyl (C=O) groups is 2. The van der Waals surface area contributed by atoms with Crippen molar-refractivity contribution in [1.29, 1.82) is 0 Å². The number of carbonyl (C=O) groups excluding carboxylic acids is 1. The summed E-state index contributed by atoms with van der Waals surface area (Å²) in [7, 11) is 0. The molecule has 0 aromatic heterocycles. The van der Waals surface area contributed by atoms with Crippen molar-refractivity contribution in [3.05, 3.63) is 77.9 Å². The second-order valence-corrected chi connectivity index (χ2v) is 7.61. The van der Waals surface area contributed by atoms with Crippen molar-refractivity contribution in [2.75, 3.05) is 19.7 Å². The molecule has 1 amide bonds. The van der Waals surface area contributed by atoms with Gasteiger partial charge in [-0.05, 0) is 60.4 Å². The summed E-state index contributed by atoms with van der Waals surface area (Å²) >= 11 is 0. The smallest absolute Gasteiger partial charge is 0.341 e. The molecule has 0 aliphatic rings. The Kier molecular flexibility index (Phi) is 8.08. The summed E-state index contributed by atoms with van der Waals surface area (Å²) in [6, 6.07) is 19.4. The van der Waals surface area contributed by atoms with E-state index in [4.69, 9.17) is 14.6 Å². The van der Waals surface area contributed by atoms with Gasteiger partial charge in [-0.15, -0.1) is 0 Å². The van der Waals surface area contributed by atoms with E-state index in [1.54, 1.807) is 23.1 Å². The third-order valence-corrected chi connectivity index (χ3v) is 5.43. The lowest BCUT2D eigenvalue weighted by atomic mass is 10.0. The number of hydrogen-bond acceptors (Lipinski definition) is 4. The fraction of sp³-hybridized carbons (Fsp3) is 0.259. The first kappa shape index (κ1) is 23.9. The van der Waals surface area contributed by atoms with Crippen LogP contribution >= 0.6 is 0 Å². The van der Waals surface area contributed by atoms with Crippen molar-refractivity contribution in [2.24, 2.45) is 0 Å². The second kappa shape index (κ2) is 11.2. The highest BCUT2D eigenvalue weighted by molar-refractivity contribution is 5.95. The Hall–Kier alpha value is -3.80. The largest absolute Gasteiger partial charge is 0.485 e. The molecule has 3 aromatic rings. The normalized spacial score (nSPS) is 11.3. The summed E-state index contributed by atoms with van der Waals surface area (Å²) in [5.41, 5.74) is 2.53. The average molecular weight is 448 g/mol. The lowest BCUT2D eigenvalue weighted by molar-refractivity contribution is -0.139. The number of nitrogens with zero attached hydrogens (tertiary/aromatic N) is 1. The Balaban J connectivity index is 1.86. The molecule has 0 aliphatic heterocycles. The van der Waals surface area contributed by atoms with E-state index < -0.39 is 12.6 Å². The topological polar surface area (TPSA) is 76.1 Å². The van der Waals surface area contributed by atoms with Crippen LogP contribution in [0.1, 0.15) is 31.9 Å². The fourth-order valence-electron chi connectivity index (χ4n) is 3.59. The number of aliphatic carboxylic acids is 1. The molecular formula is C27H29NO5. The van der Waals surface area contributed by atoms with Crippen molar-refractivity contribution in [2.45, 2.75) is 27.4 Å². The van der Waals surface area contributed by atoms with Crippen molar-refractivity contribution in [3.63, 3.8) is 0 Å². The number of amides is 1. The molecule has 0 saturated carbocycles. The summed E-state index contributed by atoms with van der Waals surface area (Å²) in [6.45, 7) is 6.79. The van der Waals surface area contributed by atoms with Crippen molar-refractivity contribution < 1.29 is 24.2 Å². The fourth-order valence-corrected chi connectivity index (χ4v) is 3.59. The van der Waals surface area contributed by atoms with Gasteiger partial charge in [0.1, 0.15) is 6.61 Å². The molecule has 3 aromatic carbocycles. The van der Waals surface area contributed by atoms with Crippen LogP contribution in [0.5, 0.6) is 11.5 Å². The Morgan fingerprint density at radius 3 is 2.39 bits per heavy atom. The molecule has 172 valence electrons. The van der Waals surface area contributed by atoms with Crippen LogP contribution in [0.4, 0.5) is 0 Å². The van der Waals surface area contributed by atoms with Crippen LogP contribution in [-0.2, 0) is 16.2 Å². The minimum Gasteiger partial charge on any atom is -0.485 e. The SMILES string of the molecule is CCN(CC)C(=O)/C=C(/C)c1ccc(OCc2cccc3ccccc23)c(OCC(=O)O)c1. The van der Waals surface area contributed by atoms with Gasteiger partial charge in [-0.25, -0.2) is 4.79 Å². The van der Waals surface area contributed by atoms with Gasteiger partial charge in [-0.1, -0.05) is 48.5 Å². The van der Waals surface area contributed by atoms with Crippen molar-refractivity contribution in [3.8, 4) is 11.5 Å². The van der Waals surface area contributed by atoms with E-state index in [1.165, 1.54) is 0 Å². The molecule has 1 N–H and O–H groups in total. The minimum absolute atomic E-state index is 0.0678. The monoisotopic (exact) mass is 447 g/mol. The Morgan fingerprint density at radius 1 is 0.939 bits per heavy atom. The standard InChI is InChI=1S/C27H29NO5/c1-4-28(5-2)26(29)15-19(3)21-13-14-24(25(16-21)33-18-27(30)31)32-17-22-11-8-10-20-9-6-7-12-23(20)22/h6-16H,4-5,17-18H2,1-3H3,(H,30,31)/b19-15-. The molecule has 0 radical (unpaired) electrons. The number of ether oxygens (including phenoxy) is 2. The Labute approximate surface area is 194 Å². The van der Waals surface area contributed by atoms with Gasteiger partial charge >= 0.3 is 5.97 Å². The molecule has 6 nitrogen and oxygen atoms in total. The second-order valence-electron chi connectivity index (χ2n) is 7.61. The number of hydrogen-bond donors (Lipinski definition) is 1. The maximum atomic E-state index is 12.4. The van der Waals surface area contributed by atoms with Gasteiger partial charge in [-0.2, -0.15) is 0 Å². The van der Waals surface area contributed by atoms with Gasteiger partial charge < -0.3 is 19.5 Å². The van der Waals surface area contributed by atoms with E-state index in [9.17, 15) is 9.59 Å². The number of fused-ring (bicyclic) bond motifs is 1. The molecule has 3 rings (SSSR count). The zero-order valence-electron chi connectivity index (χ0n) is 19.2. The number of carboxylic acids is 1. The number of allylic oxidation sites excluding steroid dienone is 1. The number of likely N-dealkylation sites (N-methyl/N-ethyl adjacent to an activating group) is 1. The first-order chi connectivity index (χ1) is 15.9. The van der Waals surface area contributed by atoms with E-state index in [2.05, 4.69) is 0 Å². The van der Waals surface area contributed by atoms with Gasteiger partial charge in [0.25, 0.3) is 0 Å². The van der Waals surface area contributed by atoms with Crippen LogP contribution in [0, 0.1) is 0 Å². The van der Waals surface area contributed by atoms with Crippen molar-refractivity contribution >= 4 is 28.2 Å². The maximum Gasteiger partial charge on any atom is 0.341 e. The molecule has 0 unspecified atom stereocenters. The summed E-state index contributed by atoms with van der Waals surface area (Å²) in [5, 5.41) is 11.3. The Morgan fingerprint density at radius 2 is 1.67 bits per heavy atom. The van der Waals surface area contributed by atoms with Crippen LogP contribution in [0.2, 0.25) is 0 Å². The highest BCUT2D eigenvalue weighted by Crippen LogP contribution is 2.32. The zero-order valence-corrected chi connectivity index (χ0v) is 19.2. The highest BCUT2D eigenvalue weighted by atomic mass is 16.5. The average Bonchev–Trinajstić information content (AvgIpc) is 2.82. The lowest BCUT2D eigenvalue weighted by Gasteiger charge is -2.17. The van der Waals surface area contributed by atoms with Gasteiger partial charge in [0.2, 0.25) is 5.91 Å². The molecule has 0 saturated heterocycles. The van der Waals surface area contributed by atoms with Gasteiger partial charge in [0, 0.05) is 19.2 Å². The van der Waals surface area contributed by atoms with E-state index >= 15 is 0 Å². The molecule has 0 bridgehead atoms. The molecule has 33 heavy (non-hydrogen) atoms. The molecule has 6 heteroatoms. The lowest BCUT2D eigenvalue weighted by Crippen LogP contribution is -2.28. The van der Waals surface area contributed by atoms with E-state index in [0.29, 0.717) is 31.2 Å². The number of rotatable bonds is 10. The number of benzene rings is 3. The van der Waals surface area contributed by atoms with Gasteiger partial charge in [0.15, 0.2) is 18.1 Å². The minimum atomic E-state index is -1.08. The number of carboxylic acid groups (broad SMARTS) is 1. The molecule has 0 spiro atoms. The van der Waals surface area contributed by atoms with Crippen LogP contribution in [-0.4, -0.2) is 41.6 Å².